The number of hydrogen-bond donors (Lipinski definition) is 2. The summed E-state index contributed by atoms with van der Waals surface area (Å²) in [4.78, 5) is 10.7. The maximum absolute atomic E-state index is 12.5. The Morgan fingerprint density at radius 3 is 2.43 bits per heavy atom. The number of aryl methyl sites for hydroxylation is 1. The van der Waals surface area contributed by atoms with Gasteiger partial charge < -0.3 is 10.8 Å². The molecule has 0 saturated carbocycles. The molecule has 1 unspecified atom stereocenters. The number of benzene rings is 2. The van der Waals surface area contributed by atoms with Gasteiger partial charge in [0.15, 0.2) is 9.84 Å². The molecule has 2 rings (SSSR count). The van der Waals surface area contributed by atoms with E-state index in [4.69, 9.17) is 10.8 Å². The van der Waals surface area contributed by atoms with Gasteiger partial charge in [-0.15, -0.1) is 0 Å². The Bertz CT molecular complexity index is 772. The lowest BCUT2D eigenvalue weighted by Gasteiger charge is -2.14. The van der Waals surface area contributed by atoms with E-state index in [9.17, 15) is 13.2 Å². The number of carboxylic acid groups (broad SMARTS) is 1. The van der Waals surface area contributed by atoms with Crippen LogP contribution in [0.1, 0.15) is 29.3 Å². The Labute approximate surface area is 135 Å². The molecule has 0 saturated heterocycles. The first-order valence-electron chi connectivity index (χ1n) is 7.26. The second kappa shape index (κ2) is 7.39. The normalized spacial score (nSPS) is 12.7. The zero-order chi connectivity index (χ0) is 16.9. The van der Waals surface area contributed by atoms with Gasteiger partial charge in [-0.05, 0) is 36.1 Å². The zero-order valence-corrected chi connectivity index (χ0v) is 13.4. The summed E-state index contributed by atoms with van der Waals surface area (Å²) < 4.78 is 25.1. The van der Waals surface area contributed by atoms with E-state index in [0.29, 0.717) is 18.4 Å². The lowest BCUT2D eigenvalue weighted by Crippen LogP contribution is -2.22. The highest BCUT2D eigenvalue weighted by atomic mass is 32.2. The van der Waals surface area contributed by atoms with E-state index in [2.05, 4.69) is 0 Å². The largest absolute Gasteiger partial charge is 0.481 e. The molecule has 0 aliphatic carbocycles. The van der Waals surface area contributed by atoms with Crippen LogP contribution in [0.15, 0.2) is 59.5 Å². The molecule has 2 aromatic carbocycles. The summed E-state index contributed by atoms with van der Waals surface area (Å²) in [5.41, 5.74) is 7.35. The van der Waals surface area contributed by atoms with Crippen molar-refractivity contribution in [3.8, 4) is 0 Å². The van der Waals surface area contributed by atoms with E-state index < -0.39 is 21.2 Å². The third kappa shape index (κ3) is 4.40. The first-order valence-corrected chi connectivity index (χ1v) is 8.81. The van der Waals surface area contributed by atoms with Crippen LogP contribution in [0.3, 0.4) is 0 Å². The average molecular weight is 333 g/mol. The van der Waals surface area contributed by atoms with Gasteiger partial charge in [0.2, 0.25) is 0 Å². The van der Waals surface area contributed by atoms with Crippen molar-refractivity contribution in [2.45, 2.75) is 29.5 Å². The van der Waals surface area contributed by atoms with Crippen LogP contribution in [0.4, 0.5) is 0 Å². The maximum Gasteiger partial charge on any atom is 0.303 e. The standard InChI is InChI=1S/C17H19NO4S/c18-17(23(21,22)15-9-2-1-3-10-15)14-8-4-6-13(12-14)7-5-11-16(19)20/h1-4,6,8-10,12,17H,5,7,11,18H2,(H,19,20). The average Bonchev–Trinajstić information content (AvgIpc) is 2.55. The summed E-state index contributed by atoms with van der Waals surface area (Å²) in [6.07, 6.45) is 1.15. The molecule has 5 nitrogen and oxygen atoms in total. The predicted octanol–water partition coefficient (Wildman–Crippen LogP) is 2.53. The smallest absolute Gasteiger partial charge is 0.303 e. The topological polar surface area (TPSA) is 97.5 Å². The third-order valence-electron chi connectivity index (χ3n) is 3.54. The van der Waals surface area contributed by atoms with Crippen molar-refractivity contribution in [1.29, 1.82) is 0 Å². The number of aliphatic carboxylic acids is 1. The van der Waals surface area contributed by atoms with Crippen molar-refractivity contribution < 1.29 is 18.3 Å². The molecule has 0 bridgehead atoms. The molecule has 0 heterocycles. The Balaban J connectivity index is 2.19. The number of hydrogen-bond acceptors (Lipinski definition) is 4. The summed E-state index contributed by atoms with van der Waals surface area (Å²) in [5.74, 6) is -0.843. The summed E-state index contributed by atoms with van der Waals surface area (Å²) >= 11 is 0. The summed E-state index contributed by atoms with van der Waals surface area (Å²) in [5, 5.41) is 7.52. The van der Waals surface area contributed by atoms with Crippen molar-refractivity contribution in [2.75, 3.05) is 0 Å². The highest BCUT2D eigenvalue weighted by Crippen LogP contribution is 2.25. The third-order valence-corrected chi connectivity index (χ3v) is 5.41. The minimum Gasteiger partial charge on any atom is -0.481 e. The first-order chi connectivity index (χ1) is 10.9. The number of sulfone groups is 1. The highest BCUT2D eigenvalue weighted by Gasteiger charge is 2.25. The van der Waals surface area contributed by atoms with Gasteiger partial charge in [-0.3, -0.25) is 4.79 Å². The molecule has 0 aliphatic rings. The second-order valence-electron chi connectivity index (χ2n) is 5.27. The lowest BCUT2D eigenvalue weighted by atomic mass is 10.1. The van der Waals surface area contributed by atoms with Crippen molar-refractivity contribution in [3.05, 3.63) is 65.7 Å². The fraction of sp³-hybridized carbons (Fsp3) is 0.235. The van der Waals surface area contributed by atoms with Crippen LogP contribution in [0.5, 0.6) is 0 Å². The van der Waals surface area contributed by atoms with Crippen LogP contribution < -0.4 is 5.73 Å². The van der Waals surface area contributed by atoms with E-state index in [0.717, 1.165) is 5.56 Å². The second-order valence-corrected chi connectivity index (χ2v) is 7.34. The molecule has 0 aliphatic heterocycles. The van der Waals surface area contributed by atoms with Gasteiger partial charge in [0, 0.05) is 6.42 Å². The van der Waals surface area contributed by atoms with Gasteiger partial charge in [0.1, 0.15) is 5.37 Å². The molecule has 2 aromatic rings. The van der Waals surface area contributed by atoms with Gasteiger partial charge in [-0.25, -0.2) is 8.42 Å². The van der Waals surface area contributed by atoms with E-state index in [-0.39, 0.29) is 11.3 Å². The Morgan fingerprint density at radius 1 is 1.09 bits per heavy atom. The molecular weight excluding hydrogens is 314 g/mol. The SMILES string of the molecule is NC(c1cccc(CCCC(=O)O)c1)S(=O)(=O)c1ccccc1. The molecule has 0 radical (unpaired) electrons. The maximum atomic E-state index is 12.5. The molecule has 6 heteroatoms. The van der Waals surface area contributed by atoms with Gasteiger partial charge in [-0.2, -0.15) is 0 Å². The Kier molecular flexibility index (Phi) is 5.52. The monoisotopic (exact) mass is 333 g/mol. The zero-order valence-electron chi connectivity index (χ0n) is 12.6. The number of rotatable bonds is 7. The van der Waals surface area contributed by atoms with E-state index >= 15 is 0 Å². The van der Waals surface area contributed by atoms with E-state index in [1.54, 1.807) is 36.4 Å². The fourth-order valence-electron chi connectivity index (χ4n) is 2.31. The molecule has 0 spiro atoms. The minimum absolute atomic E-state index is 0.0819. The fourth-order valence-corrected chi connectivity index (χ4v) is 3.64. The number of nitrogens with two attached hydrogens (primary N) is 1. The summed E-state index contributed by atoms with van der Waals surface area (Å²) in [7, 11) is -3.66. The van der Waals surface area contributed by atoms with Crippen LogP contribution in [-0.4, -0.2) is 19.5 Å². The number of carbonyl (C=O) groups is 1. The minimum atomic E-state index is -3.66. The van der Waals surface area contributed by atoms with Crippen molar-refractivity contribution in [3.63, 3.8) is 0 Å². The molecule has 0 aromatic heterocycles. The Hall–Kier alpha value is -2.18. The number of carboxylic acids is 1. The summed E-state index contributed by atoms with van der Waals surface area (Å²) in [6.45, 7) is 0. The quantitative estimate of drug-likeness (QED) is 0.811. The first kappa shape index (κ1) is 17.2. The van der Waals surface area contributed by atoms with Gasteiger partial charge in [0.25, 0.3) is 0 Å². The van der Waals surface area contributed by atoms with Crippen LogP contribution >= 0.6 is 0 Å². The molecule has 0 amide bonds. The van der Waals surface area contributed by atoms with Crippen molar-refractivity contribution >= 4 is 15.8 Å². The van der Waals surface area contributed by atoms with Gasteiger partial charge in [0.05, 0.1) is 4.90 Å². The van der Waals surface area contributed by atoms with E-state index in [1.807, 2.05) is 6.07 Å². The van der Waals surface area contributed by atoms with Crippen molar-refractivity contribution in [1.82, 2.24) is 0 Å². The Morgan fingerprint density at radius 2 is 1.78 bits per heavy atom. The molecule has 3 N–H and O–H groups in total. The van der Waals surface area contributed by atoms with Gasteiger partial charge in [-0.1, -0.05) is 42.5 Å². The van der Waals surface area contributed by atoms with Crippen LogP contribution in [0, 0.1) is 0 Å². The highest BCUT2D eigenvalue weighted by molar-refractivity contribution is 7.91. The van der Waals surface area contributed by atoms with E-state index in [1.165, 1.54) is 12.1 Å². The molecule has 1 atom stereocenters. The predicted molar refractivity (Wildman–Crippen MR) is 87.6 cm³/mol. The molecule has 122 valence electrons. The summed E-state index contributed by atoms with van der Waals surface area (Å²) in [6, 6.07) is 15.1. The molecule has 23 heavy (non-hydrogen) atoms. The van der Waals surface area contributed by atoms with Crippen LogP contribution in [-0.2, 0) is 21.1 Å². The molecular formula is C17H19NO4S. The van der Waals surface area contributed by atoms with Crippen LogP contribution in [0.25, 0.3) is 0 Å². The van der Waals surface area contributed by atoms with Crippen molar-refractivity contribution in [2.24, 2.45) is 5.73 Å². The lowest BCUT2D eigenvalue weighted by molar-refractivity contribution is -0.137. The van der Waals surface area contributed by atoms with Crippen LogP contribution in [0.2, 0.25) is 0 Å². The van der Waals surface area contributed by atoms with Gasteiger partial charge >= 0.3 is 5.97 Å². The molecule has 0 fully saturated rings.